The molecule has 0 bridgehead atoms. The fourth-order valence-electron chi connectivity index (χ4n) is 3.56. The van der Waals surface area contributed by atoms with Crippen LogP contribution in [0, 0.1) is 5.82 Å². The molecule has 1 aliphatic heterocycles. The Bertz CT molecular complexity index is 1420. The maximum absolute atomic E-state index is 13.5. The van der Waals surface area contributed by atoms with E-state index in [-0.39, 0.29) is 5.82 Å². The van der Waals surface area contributed by atoms with Crippen LogP contribution in [0.15, 0.2) is 112 Å². The van der Waals surface area contributed by atoms with Crippen LogP contribution in [0.25, 0.3) is 0 Å². The minimum absolute atomic E-state index is 0.322. The Kier molecular flexibility index (Phi) is 5.93. The van der Waals surface area contributed by atoms with Gasteiger partial charge in [0.2, 0.25) is 0 Å². The monoisotopic (exact) mass is 467 g/mol. The smallest absolute Gasteiger partial charge is 0.267 e. The Labute approximate surface area is 199 Å². The molecule has 0 radical (unpaired) electrons. The third-order valence-electron chi connectivity index (χ3n) is 5.26. The van der Waals surface area contributed by atoms with E-state index in [2.05, 4.69) is 10.9 Å². The quantitative estimate of drug-likeness (QED) is 0.343. The second kappa shape index (κ2) is 9.33. The predicted octanol–water partition coefficient (Wildman–Crippen LogP) is 5.53. The van der Waals surface area contributed by atoms with Gasteiger partial charge >= 0.3 is 0 Å². The van der Waals surface area contributed by atoms with Gasteiger partial charge in [0.25, 0.3) is 11.8 Å². The SMILES string of the molecule is O=C(NNC(=O)c1ccc2c(c1)N=C(c1ccc(F)cc1)c1ccccc1S2)c1ccccc1. The van der Waals surface area contributed by atoms with Crippen molar-refractivity contribution in [1.82, 2.24) is 10.9 Å². The van der Waals surface area contributed by atoms with Crippen LogP contribution in [0.1, 0.15) is 31.8 Å². The van der Waals surface area contributed by atoms with Crippen molar-refractivity contribution in [3.8, 4) is 0 Å². The minimum atomic E-state index is -0.461. The zero-order valence-electron chi connectivity index (χ0n) is 17.8. The molecule has 0 saturated carbocycles. The Morgan fingerprint density at radius 2 is 1.38 bits per heavy atom. The minimum Gasteiger partial charge on any atom is -0.267 e. The van der Waals surface area contributed by atoms with Gasteiger partial charge in [-0.2, -0.15) is 0 Å². The highest BCUT2D eigenvalue weighted by Crippen LogP contribution is 2.41. The number of hydrogen-bond donors (Lipinski definition) is 2. The van der Waals surface area contributed by atoms with Gasteiger partial charge in [0.15, 0.2) is 0 Å². The lowest BCUT2D eigenvalue weighted by Crippen LogP contribution is -2.41. The zero-order valence-corrected chi connectivity index (χ0v) is 18.6. The first-order chi connectivity index (χ1) is 16.6. The fourth-order valence-corrected chi connectivity index (χ4v) is 4.56. The number of carbonyl (C=O) groups excluding carboxylic acids is 2. The third kappa shape index (κ3) is 4.46. The zero-order chi connectivity index (χ0) is 23.5. The van der Waals surface area contributed by atoms with E-state index in [1.165, 1.54) is 12.1 Å². The summed E-state index contributed by atoms with van der Waals surface area (Å²) in [6.45, 7) is 0. The van der Waals surface area contributed by atoms with Crippen molar-refractivity contribution >= 4 is 35.0 Å². The molecular weight excluding hydrogens is 449 g/mol. The molecule has 4 aromatic carbocycles. The summed E-state index contributed by atoms with van der Waals surface area (Å²) in [5, 5.41) is 0. The van der Waals surface area contributed by atoms with E-state index in [0.29, 0.717) is 22.5 Å². The van der Waals surface area contributed by atoms with Crippen molar-refractivity contribution in [2.75, 3.05) is 0 Å². The van der Waals surface area contributed by atoms with Gasteiger partial charge in [-0.05, 0) is 60.7 Å². The summed E-state index contributed by atoms with van der Waals surface area (Å²) in [6, 6.07) is 27.9. The topological polar surface area (TPSA) is 70.6 Å². The molecule has 2 amide bonds. The molecule has 0 atom stereocenters. The van der Waals surface area contributed by atoms with Crippen LogP contribution in [0.5, 0.6) is 0 Å². The number of aliphatic imine (C=N–C) groups is 1. The van der Waals surface area contributed by atoms with Crippen molar-refractivity contribution in [2.45, 2.75) is 9.79 Å². The van der Waals surface area contributed by atoms with Crippen molar-refractivity contribution in [3.63, 3.8) is 0 Å². The number of fused-ring (bicyclic) bond motifs is 2. The fraction of sp³-hybridized carbons (Fsp3) is 0. The van der Waals surface area contributed by atoms with Gasteiger partial charge in [-0.1, -0.05) is 48.2 Å². The predicted molar refractivity (Wildman–Crippen MR) is 130 cm³/mol. The van der Waals surface area contributed by atoms with Gasteiger partial charge in [-0.15, -0.1) is 0 Å². The lowest BCUT2D eigenvalue weighted by Gasteiger charge is -2.09. The molecule has 0 unspecified atom stereocenters. The number of halogens is 1. The summed E-state index contributed by atoms with van der Waals surface area (Å²) < 4.78 is 13.5. The highest BCUT2D eigenvalue weighted by Gasteiger charge is 2.20. The number of nitrogens with one attached hydrogen (secondary N) is 2. The largest absolute Gasteiger partial charge is 0.269 e. The highest BCUT2D eigenvalue weighted by atomic mass is 32.2. The Morgan fingerprint density at radius 1 is 0.706 bits per heavy atom. The van der Waals surface area contributed by atoms with Gasteiger partial charge in [0.05, 0.1) is 11.4 Å². The van der Waals surface area contributed by atoms with E-state index in [4.69, 9.17) is 4.99 Å². The molecular formula is C27H18FN3O2S. The number of amides is 2. The molecule has 0 aromatic heterocycles. The van der Waals surface area contributed by atoms with Crippen LogP contribution < -0.4 is 10.9 Å². The van der Waals surface area contributed by atoms with Crippen molar-refractivity contribution < 1.29 is 14.0 Å². The first kappa shape index (κ1) is 21.6. The molecule has 166 valence electrons. The van der Waals surface area contributed by atoms with E-state index in [0.717, 1.165) is 20.9 Å². The molecule has 0 fully saturated rings. The Morgan fingerprint density at radius 3 is 2.15 bits per heavy atom. The van der Waals surface area contributed by atoms with Gasteiger partial charge < -0.3 is 0 Å². The summed E-state index contributed by atoms with van der Waals surface area (Å²) in [6.07, 6.45) is 0. The van der Waals surface area contributed by atoms with E-state index in [9.17, 15) is 14.0 Å². The Balaban J connectivity index is 1.46. The number of benzene rings is 4. The first-order valence-corrected chi connectivity index (χ1v) is 11.3. The van der Waals surface area contributed by atoms with Crippen LogP contribution in [-0.4, -0.2) is 17.5 Å². The molecule has 34 heavy (non-hydrogen) atoms. The maximum Gasteiger partial charge on any atom is 0.269 e. The van der Waals surface area contributed by atoms with Crippen LogP contribution in [0.2, 0.25) is 0 Å². The third-order valence-corrected chi connectivity index (χ3v) is 6.40. The summed E-state index contributed by atoms with van der Waals surface area (Å²) in [5.74, 6) is -1.19. The normalized spacial score (nSPS) is 12.0. The second-order valence-electron chi connectivity index (χ2n) is 7.52. The van der Waals surface area contributed by atoms with Gasteiger partial charge in [0, 0.05) is 32.0 Å². The van der Waals surface area contributed by atoms with Crippen molar-refractivity contribution in [2.24, 2.45) is 4.99 Å². The highest BCUT2D eigenvalue weighted by molar-refractivity contribution is 7.99. The number of hydrogen-bond acceptors (Lipinski definition) is 4. The standard InChI is InChI=1S/C27H18FN3O2S/c28-20-13-10-17(11-14-20)25-21-8-4-5-9-23(21)34-24-15-12-19(16-22(24)29-25)27(33)31-30-26(32)18-6-2-1-3-7-18/h1-16H,(H,30,32)(H,31,33). The molecule has 2 N–H and O–H groups in total. The van der Waals surface area contributed by atoms with E-state index in [1.807, 2.05) is 36.4 Å². The molecule has 0 aliphatic carbocycles. The van der Waals surface area contributed by atoms with Crippen LogP contribution in [0.3, 0.4) is 0 Å². The maximum atomic E-state index is 13.5. The molecule has 0 spiro atoms. The number of hydrazine groups is 1. The molecule has 5 rings (SSSR count). The molecule has 0 saturated heterocycles. The van der Waals surface area contributed by atoms with E-state index < -0.39 is 11.8 Å². The average molecular weight is 468 g/mol. The number of carbonyl (C=O) groups is 2. The van der Waals surface area contributed by atoms with Gasteiger partial charge in [0.1, 0.15) is 5.82 Å². The Hall–Kier alpha value is -4.23. The van der Waals surface area contributed by atoms with E-state index >= 15 is 0 Å². The van der Waals surface area contributed by atoms with E-state index in [1.54, 1.807) is 60.3 Å². The summed E-state index contributed by atoms with van der Waals surface area (Å²) in [7, 11) is 0. The number of nitrogens with zero attached hydrogens (tertiary/aromatic N) is 1. The lowest BCUT2D eigenvalue weighted by atomic mass is 10.0. The van der Waals surface area contributed by atoms with Gasteiger partial charge in [-0.3, -0.25) is 20.4 Å². The second-order valence-corrected chi connectivity index (χ2v) is 8.61. The average Bonchev–Trinajstić information content (AvgIpc) is 3.04. The van der Waals surface area contributed by atoms with Crippen LogP contribution in [0.4, 0.5) is 10.1 Å². The van der Waals surface area contributed by atoms with Crippen LogP contribution >= 0.6 is 11.8 Å². The first-order valence-electron chi connectivity index (χ1n) is 10.5. The molecule has 1 heterocycles. The van der Waals surface area contributed by atoms with Crippen LogP contribution in [-0.2, 0) is 0 Å². The molecule has 7 heteroatoms. The molecule has 4 aromatic rings. The molecule has 1 aliphatic rings. The van der Waals surface area contributed by atoms with Crippen molar-refractivity contribution in [1.29, 1.82) is 0 Å². The number of rotatable bonds is 3. The van der Waals surface area contributed by atoms with Gasteiger partial charge in [-0.25, -0.2) is 9.38 Å². The summed E-state index contributed by atoms with van der Waals surface area (Å²) in [5.41, 5.74) is 8.67. The summed E-state index contributed by atoms with van der Waals surface area (Å²) in [4.78, 5) is 31.7. The summed E-state index contributed by atoms with van der Waals surface area (Å²) >= 11 is 1.55. The van der Waals surface area contributed by atoms with Crippen molar-refractivity contribution in [3.05, 3.63) is 125 Å². The lowest BCUT2D eigenvalue weighted by molar-refractivity contribution is 0.0846. The molecule has 5 nitrogen and oxygen atoms in total.